The smallest absolute Gasteiger partial charge is 0.167 e. The quantitative estimate of drug-likeness (QED) is 0.879. The molecule has 0 aliphatic rings. The number of benzene rings is 1. The van der Waals surface area contributed by atoms with Gasteiger partial charge in [-0.2, -0.15) is 0 Å². The first-order valence-corrected chi connectivity index (χ1v) is 5.79. The van der Waals surface area contributed by atoms with Gasteiger partial charge in [0.25, 0.3) is 0 Å². The van der Waals surface area contributed by atoms with Crippen LogP contribution in [0.15, 0.2) is 24.3 Å². The average Bonchev–Trinajstić information content (AvgIpc) is 2.38. The first-order chi connectivity index (χ1) is 8.74. The minimum atomic E-state index is 0.523. The van der Waals surface area contributed by atoms with E-state index >= 15 is 0 Å². The molecular weight excluding hydrogens is 228 g/mol. The molecule has 2 rings (SSSR count). The lowest BCUT2D eigenvalue weighted by atomic mass is 10.2. The average molecular weight is 244 g/mol. The van der Waals surface area contributed by atoms with Crippen molar-refractivity contribution < 1.29 is 4.74 Å². The molecule has 0 bridgehead atoms. The van der Waals surface area contributed by atoms with Gasteiger partial charge >= 0.3 is 0 Å². The maximum Gasteiger partial charge on any atom is 0.167 e. The van der Waals surface area contributed by atoms with Crippen molar-refractivity contribution in [3.63, 3.8) is 0 Å². The number of aryl methyl sites for hydroxylation is 1. The highest BCUT2D eigenvalue weighted by molar-refractivity contribution is 5.63. The van der Waals surface area contributed by atoms with Gasteiger partial charge in [0.15, 0.2) is 5.82 Å². The van der Waals surface area contributed by atoms with Crippen molar-refractivity contribution in [3.05, 3.63) is 35.9 Å². The number of hydrogen-bond acceptors (Lipinski definition) is 5. The zero-order chi connectivity index (χ0) is 13.0. The Hall–Kier alpha value is -2.01. The molecular formula is C13H16N4O. The third-order valence-corrected chi connectivity index (χ3v) is 2.51. The summed E-state index contributed by atoms with van der Waals surface area (Å²) < 4.78 is 5.31. The molecule has 0 fully saturated rings. The predicted molar refractivity (Wildman–Crippen MR) is 69.3 cm³/mol. The Kier molecular flexibility index (Phi) is 3.84. The fourth-order valence-corrected chi connectivity index (χ4v) is 1.73. The standard InChI is InChI=1S/C13H16N4O/c1-9-15-12(7-8-14)17-13(16-9)10-5-3-4-6-11(10)18-2/h3-6H,7-8,14H2,1-2H3. The Morgan fingerprint density at radius 1 is 1.17 bits per heavy atom. The normalized spacial score (nSPS) is 10.4. The van der Waals surface area contributed by atoms with Crippen LogP contribution in [-0.2, 0) is 6.42 Å². The van der Waals surface area contributed by atoms with Gasteiger partial charge < -0.3 is 10.5 Å². The summed E-state index contributed by atoms with van der Waals surface area (Å²) in [7, 11) is 1.63. The van der Waals surface area contributed by atoms with Gasteiger partial charge in [-0.15, -0.1) is 0 Å². The summed E-state index contributed by atoms with van der Waals surface area (Å²) in [6.07, 6.45) is 0.644. The Balaban J connectivity index is 2.49. The van der Waals surface area contributed by atoms with Gasteiger partial charge in [0.1, 0.15) is 17.4 Å². The molecule has 0 spiro atoms. The van der Waals surface area contributed by atoms with Crippen LogP contribution >= 0.6 is 0 Å². The topological polar surface area (TPSA) is 73.9 Å². The van der Waals surface area contributed by atoms with E-state index in [-0.39, 0.29) is 0 Å². The van der Waals surface area contributed by atoms with E-state index < -0.39 is 0 Å². The first-order valence-electron chi connectivity index (χ1n) is 5.79. The number of nitrogens with zero attached hydrogens (tertiary/aromatic N) is 3. The molecule has 0 aliphatic heterocycles. The van der Waals surface area contributed by atoms with Crippen LogP contribution in [0.5, 0.6) is 5.75 Å². The fourth-order valence-electron chi connectivity index (χ4n) is 1.73. The van der Waals surface area contributed by atoms with Crippen molar-refractivity contribution in [3.8, 4) is 17.1 Å². The van der Waals surface area contributed by atoms with Crippen LogP contribution < -0.4 is 10.5 Å². The molecule has 0 saturated carbocycles. The number of para-hydroxylation sites is 1. The van der Waals surface area contributed by atoms with E-state index in [4.69, 9.17) is 10.5 Å². The Morgan fingerprint density at radius 2 is 1.94 bits per heavy atom. The van der Waals surface area contributed by atoms with Gasteiger partial charge in [0.2, 0.25) is 0 Å². The molecule has 0 atom stereocenters. The lowest BCUT2D eigenvalue weighted by Gasteiger charge is -2.08. The molecule has 2 aromatic rings. The van der Waals surface area contributed by atoms with E-state index in [9.17, 15) is 0 Å². The van der Waals surface area contributed by atoms with E-state index in [1.807, 2.05) is 31.2 Å². The summed E-state index contributed by atoms with van der Waals surface area (Å²) in [4.78, 5) is 13.0. The van der Waals surface area contributed by atoms with Crippen molar-refractivity contribution in [1.82, 2.24) is 15.0 Å². The van der Waals surface area contributed by atoms with E-state index in [0.29, 0.717) is 30.4 Å². The second kappa shape index (κ2) is 5.55. The highest BCUT2D eigenvalue weighted by Crippen LogP contribution is 2.26. The number of hydrogen-bond donors (Lipinski definition) is 1. The lowest BCUT2D eigenvalue weighted by molar-refractivity contribution is 0.416. The van der Waals surface area contributed by atoms with E-state index in [1.165, 1.54) is 0 Å². The SMILES string of the molecule is COc1ccccc1-c1nc(C)nc(CCN)n1. The monoisotopic (exact) mass is 244 g/mol. The molecule has 94 valence electrons. The minimum absolute atomic E-state index is 0.523. The Labute approximate surface area is 106 Å². The van der Waals surface area contributed by atoms with Gasteiger partial charge in [0.05, 0.1) is 12.7 Å². The summed E-state index contributed by atoms with van der Waals surface area (Å²) in [6.45, 7) is 2.37. The van der Waals surface area contributed by atoms with Crippen LogP contribution in [0.1, 0.15) is 11.6 Å². The summed E-state index contributed by atoms with van der Waals surface area (Å²) in [6, 6.07) is 7.66. The number of nitrogens with two attached hydrogens (primary N) is 1. The molecule has 18 heavy (non-hydrogen) atoms. The van der Waals surface area contributed by atoms with E-state index in [2.05, 4.69) is 15.0 Å². The number of methoxy groups -OCH3 is 1. The van der Waals surface area contributed by atoms with Crippen LogP contribution in [-0.4, -0.2) is 28.6 Å². The molecule has 5 heteroatoms. The largest absolute Gasteiger partial charge is 0.496 e. The Bertz CT molecular complexity index is 542. The van der Waals surface area contributed by atoms with Crippen molar-refractivity contribution >= 4 is 0 Å². The first kappa shape index (κ1) is 12.4. The van der Waals surface area contributed by atoms with Gasteiger partial charge in [-0.1, -0.05) is 12.1 Å². The number of aromatic nitrogens is 3. The molecule has 1 heterocycles. The summed E-state index contributed by atoms with van der Waals surface area (Å²) in [5, 5.41) is 0. The zero-order valence-corrected chi connectivity index (χ0v) is 10.6. The van der Waals surface area contributed by atoms with Crippen LogP contribution in [0.2, 0.25) is 0 Å². The second-order valence-corrected chi connectivity index (χ2v) is 3.86. The van der Waals surface area contributed by atoms with E-state index in [0.717, 1.165) is 11.3 Å². The van der Waals surface area contributed by atoms with Crippen LogP contribution in [0.4, 0.5) is 0 Å². The minimum Gasteiger partial charge on any atom is -0.496 e. The molecule has 5 nitrogen and oxygen atoms in total. The van der Waals surface area contributed by atoms with Gasteiger partial charge in [-0.3, -0.25) is 0 Å². The third kappa shape index (κ3) is 2.62. The lowest BCUT2D eigenvalue weighted by Crippen LogP contribution is -2.09. The van der Waals surface area contributed by atoms with Crippen LogP contribution in [0, 0.1) is 6.92 Å². The van der Waals surface area contributed by atoms with Crippen LogP contribution in [0.3, 0.4) is 0 Å². The summed E-state index contributed by atoms with van der Waals surface area (Å²) >= 11 is 0. The fraction of sp³-hybridized carbons (Fsp3) is 0.308. The van der Waals surface area contributed by atoms with Crippen molar-refractivity contribution in [2.24, 2.45) is 5.73 Å². The van der Waals surface area contributed by atoms with Crippen molar-refractivity contribution in [2.45, 2.75) is 13.3 Å². The van der Waals surface area contributed by atoms with Crippen molar-refractivity contribution in [2.75, 3.05) is 13.7 Å². The molecule has 1 aromatic heterocycles. The molecule has 0 radical (unpaired) electrons. The van der Waals surface area contributed by atoms with Gasteiger partial charge in [0, 0.05) is 6.42 Å². The number of rotatable bonds is 4. The van der Waals surface area contributed by atoms with Gasteiger partial charge in [-0.05, 0) is 25.6 Å². The zero-order valence-electron chi connectivity index (χ0n) is 10.6. The van der Waals surface area contributed by atoms with Gasteiger partial charge in [-0.25, -0.2) is 15.0 Å². The third-order valence-electron chi connectivity index (χ3n) is 2.51. The number of ether oxygens (including phenoxy) is 1. The maximum absolute atomic E-state index is 5.53. The molecule has 1 aromatic carbocycles. The highest BCUT2D eigenvalue weighted by Gasteiger charge is 2.10. The summed E-state index contributed by atoms with van der Waals surface area (Å²) in [5.41, 5.74) is 6.39. The predicted octanol–water partition coefficient (Wildman–Crippen LogP) is 1.36. The molecule has 0 unspecified atom stereocenters. The Morgan fingerprint density at radius 3 is 2.67 bits per heavy atom. The maximum atomic E-state index is 5.53. The van der Waals surface area contributed by atoms with Crippen LogP contribution in [0.25, 0.3) is 11.4 Å². The molecule has 0 saturated heterocycles. The van der Waals surface area contributed by atoms with Crippen molar-refractivity contribution in [1.29, 1.82) is 0 Å². The summed E-state index contributed by atoms with van der Waals surface area (Å²) in [5.74, 6) is 2.78. The second-order valence-electron chi connectivity index (χ2n) is 3.86. The highest BCUT2D eigenvalue weighted by atomic mass is 16.5. The molecule has 0 amide bonds. The molecule has 0 aliphatic carbocycles. The van der Waals surface area contributed by atoms with E-state index in [1.54, 1.807) is 7.11 Å². The molecule has 2 N–H and O–H groups in total.